The lowest BCUT2D eigenvalue weighted by Crippen LogP contribution is -2.53. The van der Waals surface area contributed by atoms with Crippen molar-refractivity contribution >= 4 is 29.8 Å². The quantitative estimate of drug-likeness (QED) is 0.211. The lowest BCUT2D eigenvalue weighted by molar-refractivity contribution is -0.158. The molecular weight excluding hydrogens is 568 g/mol. The van der Waals surface area contributed by atoms with E-state index in [-0.39, 0.29) is 25.8 Å². The standard InChI is InChI=1S/C20H30N2O5.C12H24N2O3.H2/c1-13(2)16(17(23)21-14(3)18(24)27-20(4,5)6)22-19(25)26-12-15-10-8-7-9-11-15;1-7(2)9(13)10(15)14-8(3)11(16)17-12(4,5)6;/h7-11,13-14,16H,12H2,1-6H3,(H,21,23)(H,22,25);7-9H,13H2,1-6H3,(H,14,15);1H/t14-,16-;8-,9-;/m00./s1. The molecule has 1 aromatic rings. The second-order valence-corrected chi connectivity index (χ2v) is 13.2. The second kappa shape index (κ2) is 18.2. The van der Waals surface area contributed by atoms with Crippen LogP contribution in [-0.4, -0.2) is 65.2 Å². The van der Waals surface area contributed by atoms with Crippen molar-refractivity contribution in [1.29, 1.82) is 0 Å². The lowest BCUT2D eigenvalue weighted by atomic mass is 10.0. The molecule has 44 heavy (non-hydrogen) atoms. The molecule has 0 saturated heterocycles. The minimum atomic E-state index is -0.835. The van der Waals surface area contributed by atoms with E-state index in [1.54, 1.807) is 62.3 Å². The Labute approximate surface area is 264 Å². The summed E-state index contributed by atoms with van der Waals surface area (Å²) in [5, 5.41) is 7.68. The number of carbonyl (C=O) groups is 5. The summed E-state index contributed by atoms with van der Waals surface area (Å²) in [5.74, 6) is -1.97. The first-order valence-electron chi connectivity index (χ1n) is 14.8. The van der Waals surface area contributed by atoms with Gasteiger partial charge in [0.05, 0.1) is 6.04 Å². The zero-order chi connectivity index (χ0) is 34.4. The SMILES string of the molecule is CC(C)[C@H](N)C(=O)N[C@@H](C)C(=O)OC(C)(C)C.CC(C)[C@H](NC(=O)OCc1ccccc1)C(=O)N[C@@H](C)C(=O)OC(C)(C)C.[HH]. The smallest absolute Gasteiger partial charge is 0.408 e. The van der Waals surface area contributed by atoms with Crippen LogP contribution in [0.4, 0.5) is 4.79 Å². The molecule has 0 spiro atoms. The van der Waals surface area contributed by atoms with Crippen LogP contribution in [0.15, 0.2) is 30.3 Å². The fourth-order valence-electron chi connectivity index (χ4n) is 3.24. The van der Waals surface area contributed by atoms with Crippen LogP contribution in [-0.2, 0) is 40.0 Å². The number of ether oxygens (including phenoxy) is 3. The van der Waals surface area contributed by atoms with Gasteiger partial charge in [0.15, 0.2) is 0 Å². The van der Waals surface area contributed by atoms with Gasteiger partial charge in [-0.15, -0.1) is 0 Å². The highest BCUT2D eigenvalue weighted by molar-refractivity contribution is 5.90. The van der Waals surface area contributed by atoms with Crippen LogP contribution in [0.25, 0.3) is 0 Å². The minimum Gasteiger partial charge on any atom is -0.458 e. The van der Waals surface area contributed by atoms with Gasteiger partial charge in [0.1, 0.15) is 35.9 Å². The van der Waals surface area contributed by atoms with Crippen molar-refractivity contribution in [2.24, 2.45) is 17.6 Å². The van der Waals surface area contributed by atoms with Crippen molar-refractivity contribution in [2.45, 2.75) is 125 Å². The van der Waals surface area contributed by atoms with Crippen LogP contribution in [0.3, 0.4) is 0 Å². The molecule has 0 aliphatic heterocycles. The van der Waals surface area contributed by atoms with Gasteiger partial charge in [-0.3, -0.25) is 9.59 Å². The first kappa shape index (κ1) is 40.3. The van der Waals surface area contributed by atoms with E-state index in [2.05, 4.69) is 16.0 Å². The Morgan fingerprint density at radius 3 is 1.52 bits per heavy atom. The molecule has 0 aliphatic rings. The highest BCUT2D eigenvalue weighted by Crippen LogP contribution is 2.10. The maximum atomic E-state index is 12.5. The number of rotatable bonds is 11. The number of alkyl carbamates (subject to hydrolysis) is 1. The largest absolute Gasteiger partial charge is 0.458 e. The van der Waals surface area contributed by atoms with E-state index >= 15 is 0 Å². The maximum absolute atomic E-state index is 12.5. The zero-order valence-corrected chi connectivity index (χ0v) is 28.4. The Bertz CT molecular complexity index is 1080. The molecule has 0 aromatic heterocycles. The molecule has 1 rings (SSSR count). The molecule has 3 amide bonds. The van der Waals surface area contributed by atoms with E-state index in [1.165, 1.54) is 6.92 Å². The number of amides is 3. The number of nitrogens with two attached hydrogens (primary N) is 1. The van der Waals surface area contributed by atoms with Crippen molar-refractivity contribution in [1.82, 2.24) is 16.0 Å². The maximum Gasteiger partial charge on any atom is 0.408 e. The van der Waals surface area contributed by atoms with E-state index in [9.17, 15) is 24.0 Å². The molecule has 5 N–H and O–H groups in total. The second-order valence-electron chi connectivity index (χ2n) is 13.2. The number of hydrogen-bond acceptors (Lipinski definition) is 9. The highest BCUT2D eigenvalue weighted by Gasteiger charge is 2.29. The molecule has 252 valence electrons. The van der Waals surface area contributed by atoms with Gasteiger partial charge in [-0.2, -0.15) is 0 Å². The third-order valence-corrected chi connectivity index (χ3v) is 5.69. The molecule has 0 heterocycles. The zero-order valence-electron chi connectivity index (χ0n) is 28.4. The summed E-state index contributed by atoms with van der Waals surface area (Å²) >= 11 is 0. The summed E-state index contributed by atoms with van der Waals surface area (Å²) < 4.78 is 15.5. The molecule has 1 aromatic carbocycles. The van der Waals surface area contributed by atoms with E-state index < -0.39 is 59.3 Å². The molecule has 12 nitrogen and oxygen atoms in total. The number of benzene rings is 1. The summed E-state index contributed by atoms with van der Waals surface area (Å²) in [6.45, 7) is 21.1. The first-order chi connectivity index (χ1) is 20.0. The van der Waals surface area contributed by atoms with E-state index in [0.29, 0.717) is 0 Å². The minimum absolute atomic E-state index is 0. The van der Waals surface area contributed by atoms with Gasteiger partial charge in [-0.1, -0.05) is 58.0 Å². The molecule has 0 saturated carbocycles. The lowest BCUT2D eigenvalue weighted by Gasteiger charge is -2.25. The number of hydrogen-bond donors (Lipinski definition) is 4. The summed E-state index contributed by atoms with van der Waals surface area (Å²) in [7, 11) is 0. The van der Waals surface area contributed by atoms with Crippen LogP contribution in [0.5, 0.6) is 0 Å². The van der Waals surface area contributed by atoms with Gasteiger partial charge in [0.2, 0.25) is 11.8 Å². The van der Waals surface area contributed by atoms with Crippen LogP contribution < -0.4 is 21.7 Å². The van der Waals surface area contributed by atoms with Crippen LogP contribution in [0.1, 0.15) is 90.1 Å². The van der Waals surface area contributed by atoms with Crippen LogP contribution in [0, 0.1) is 11.8 Å². The van der Waals surface area contributed by atoms with Crippen LogP contribution >= 0.6 is 0 Å². The van der Waals surface area contributed by atoms with Gasteiger partial charge in [-0.05, 0) is 72.8 Å². The fourth-order valence-corrected chi connectivity index (χ4v) is 3.24. The summed E-state index contributed by atoms with van der Waals surface area (Å²) in [6, 6.07) is 6.27. The molecular formula is C32H56N4O8. The van der Waals surface area contributed by atoms with Gasteiger partial charge < -0.3 is 35.9 Å². The van der Waals surface area contributed by atoms with Crippen molar-refractivity contribution in [3.8, 4) is 0 Å². The molecule has 0 fully saturated rings. The van der Waals surface area contributed by atoms with Gasteiger partial charge >= 0.3 is 18.0 Å². The van der Waals surface area contributed by atoms with E-state index in [1.807, 2.05) is 44.2 Å². The first-order valence-corrected chi connectivity index (χ1v) is 14.8. The summed E-state index contributed by atoms with van der Waals surface area (Å²) in [4.78, 5) is 59.8. The fraction of sp³-hybridized carbons (Fsp3) is 0.656. The average Bonchev–Trinajstić information content (AvgIpc) is 2.88. The van der Waals surface area contributed by atoms with Crippen molar-refractivity contribution in [3.05, 3.63) is 35.9 Å². The molecule has 4 atom stereocenters. The van der Waals surface area contributed by atoms with Gasteiger partial charge in [-0.25, -0.2) is 14.4 Å². The predicted octanol–water partition coefficient (Wildman–Crippen LogP) is 3.85. The van der Waals surface area contributed by atoms with Crippen molar-refractivity contribution < 1.29 is 39.6 Å². The van der Waals surface area contributed by atoms with E-state index in [0.717, 1.165) is 5.56 Å². The molecule has 0 radical (unpaired) electrons. The van der Waals surface area contributed by atoms with E-state index in [4.69, 9.17) is 19.9 Å². The predicted molar refractivity (Wildman–Crippen MR) is 170 cm³/mol. The van der Waals surface area contributed by atoms with Crippen molar-refractivity contribution in [2.75, 3.05) is 0 Å². The number of esters is 2. The normalized spacial score (nSPS) is 14.2. The molecule has 0 unspecified atom stereocenters. The summed E-state index contributed by atoms with van der Waals surface area (Å²) in [5.41, 5.74) is 5.31. The average molecular weight is 625 g/mol. The van der Waals surface area contributed by atoms with Crippen molar-refractivity contribution in [3.63, 3.8) is 0 Å². The summed E-state index contributed by atoms with van der Waals surface area (Å²) in [6.07, 6.45) is -0.697. The molecule has 12 heteroatoms. The third kappa shape index (κ3) is 17.4. The van der Waals surface area contributed by atoms with Crippen LogP contribution in [0.2, 0.25) is 0 Å². The number of carbonyl (C=O) groups excluding carboxylic acids is 5. The molecule has 0 bridgehead atoms. The number of nitrogens with one attached hydrogen (secondary N) is 3. The van der Waals surface area contributed by atoms with Gasteiger partial charge in [0, 0.05) is 1.43 Å². The topological polar surface area (TPSA) is 175 Å². The Morgan fingerprint density at radius 1 is 0.705 bits per heavy atom. The highest BCUT2D eigenvalue weighted by atomic mass is 16.6. The third-order valence-electron chi connectivity index (χ3n) is 5.69. The monoisotopic (exact) mass is 624 g/mol. The Hall–Kier alpha value is -3.67. The Balaban J connectivity index is 0. The molecule has 0 aliphatic carbocycles. The van der Waals surface area contributed by atoms with Gasteiger partial charge in [0.25, 0.3) is 0 Å². The Kier molecular flexibility index (Phi) is 16.7. The Morgan fingerprint density at radius 2 is 1.14 bits per heavy atom.